The van der Waals surface area contributed by atoms with Crippen molar-refractivity contribution in [2.24, 2.45) is 0 Å². The van der Waals surface area contributed by atoms with E-state index in [1.165, 1.54) is 0 Å². The van der Waals surface area contributed by atoms with Crippen molar-refractivity contribution in [2.75, 3.05) is 13.2 Å². The molecule has 6 heteroatoms. The minimum absolute atomic E-state index is 0.0457. The lowest BCUT2D eigenvalue weighted by Gasteiger charge is -2.18. The highest BCUT2D eigenvalue weighted by molar-refractivity contribution is 5.84. The standard InChI is InChI=1S/C25H24O6/c1-16-12-21(19-6-2-17(3-7-19)14-23(27)28)25(31-11-10-26)22(13-16)20-8-4-18(5-9-20)15-24(29)30/h2-9,12-13,26H,10-11,14-15H2,1H3,(H,27,28)(H,29,30). The van der Waals surface area contributed by atoms with E-state index in [0.717, 1.165) is 27.8 Å². The quantitative estimate of drug-likeness (QED) is 0.484. The van der Waals surface area contributed by atoms with E-state index < -0.39 is 11.9 Å². The number of ether oxygens (including phenoxy) is 1. The van der Waals surface area contributed by atoms with Crippen LogP contribution >= 0.6 is 0 Å². The van der Waals surface area contributed by atoms with Crippen LogP contribution in [0.2, 0.25) is 0 Å². The zero-order chi connectivity index (χ0) is 22.4. The van der Waals surface area contributed by atoms with Crippen LogP contribution < -0.4 is 4.74 Å². The van der Waals surface area contributed by atoms with Crippen molar-refractivity contribution in [3.8, 4) is 28.0 Å². The molecular formula is C25H24O6. The monoisotopic (exact) mass is 420 g/mol. The summed E-state index contributed by atoms with van der Waals surface area (Å²) >= 11 is 0. The lowest BCUT2D eigenvalue weighted by atomic mass is 9.93. The summed E-state index contributed by atoms with van der Waals surface area (Å²) in [6.45, 7) is 1.96. The van der Waals surface area contributed by atoms with Crippen LogP contribution in [0.3, 0.4) is 0 Å². The van der Waals surface area contributed by atoms with Crippen LogP contribution in [0.1, 0.15) is 16.7 Å². The van der Waals surface area contributed by atoms with E-state index in [4.69, 9.17) is 14.9 Å². The first-order chi connectivity index (χ1) is 14.9. The molecule has 3 rings (SSSR count). The largest absolute Gasteiger partial charge is 0.490 e. The summed E-state index contributed by atoms with van der Waals surface area (Å²) in [6.07, 6.45) is -0.0915. The highest BCUT2D eigenvalue weighted by atomic mass is 16.5. The number of aryl methyl sites for hydroxylation is 1. The lowest BCUT2D eigenvalue weighted by molar-refractivity contribution is -0.137. The molecule has 0 aliphatic carbocycles. The molecule has 3 aromatic rings. The third-order valence-electron chi connectivity index (χ3n) is 4.81. The van der Waals surface area contributed by atoms with E-state index in [2.05, 4.69) is 0 Å². The van der Waals surface area contributed by atoms with E-state index in [9.17, 15) is 14.7 Å². The predicted molar refractivity (Wildman–Crippen MR) is 117 cm³/mol. The van der Waals surface area contributed by atoms with Gasteiger partial charge in [-0.15, -0.1) is 0 Å². The zero-order valence-corrected chi connectivity index (χ0v) is 17.2. The fraction of sp³-hybridized carbons (Fsp3) is 0.200. The summed E-state index contributed by atoms with van der Waals surface area (Å²) in [5, 5.41) is 27.3. The number of hydrogen-bond donors (Lipinski definition) is 3. The third kappa shape index (κ3) is 5.71. The Kier molecular flexibility index (Phi) is 7.05. The Labute approximate surface area is 180 Å². The van der Waals surface area contributed by atoms with Gasteiger partial charge < -0.3 is 20.1 Å². The maximum Gasteiger partial charge on any atom is 0.307 e. The van der Waals surface area contributed by atoms with E-state index in [0.29, 0.717) is 16.9 Å². The number of aliphatic hydroxyl groups is 1. The third-order valence-corrected chi connectivity index (χ3v) is 4.81. The average molecular weight is 420 g/mol. The summed E-state index contributed by atoms with van der Waals surface area (Å²) in [5.74, 6) is -1.16. The van der Waals surface area contributed by atoms with Crippen LogP contribution in [0.15, 0.2) is 60.7 Å². The van der Waals surface area contributed by atoms with Gasteiger partial charge in [-0.1, -0.05) is 48.5 Å². The number of carboxylic acid groups (broad SMARTS) is 2. The molecule has 0 heterocycles. The van der Waals surface area contributed by atoms with Crippen molar-refractivity contribution < 1.29 is 29.6 Å². The van der Waals surface area contributed by atoms with Gasteiger partial charge in [0.25, 0.3) is 0 Å². The minimum Gasteiger partial charge on any atom is -0.490 e. The van der Waals surface area contributed by atoms with Gasteiger partial charge in [-0.25, -0.2) is 0 Å². The normalized spacial score (nSPS) is 10.6. The molecule has 0 saturated carbocycles. The Bertz CT molecular complexity index is 988. The molecule has 0 spiro atoms. The van der Waals surface area contributed by atoms with Gasteiger partial charge in [0, 0.05) is 11.1 Å². The second-order valence-corrected chi connectivity index (χ2v) is 7.30. The average Bonchev–Trinajstić information content (AvgIpc) is 2.72. The molecule has 0 fully saturated rings. The van der Waals surface area contributed by atoms with Crippen molar-refractivity contribution >= 4 is 11.9 Å². The van der Waals surface area contributed by atoms with Crippen LogP contribution in [-0.4, -0.2) is 40.5 Å². The summed E-state index contributed by atoms with van der Waals surface area (Å²) in [4.78, 5) is 21.9. The Morgan fingerprint density at radius 1 is 0.774 bits per heavy atom. The van der Waals surface area contributed by atoms with Crippen molar-refractivity contribution in [2.45, 2.75) is 19.8 Å². The molecule has 0 atom stereocenters. The molecule has 0 bridgehead atoms. The molecule has 0 aromatic heterocycles. The Hall–Kier alpha value is -3.64. The molecule has 0 radical (unpaired) electrons. The van der Waals surface area contributed by atoms with Crippen LogP contribution in [0.5, 0.6) is 5.75 Å². The fourth-order valence-corrected chi connectivity index (χ4v) is 3.46. The summed E-state index contributed by atoms with van der Waals surface area (Å²) in [6, 6.07) is 18.5. The van der Waals surface area contributed by atoms with Crippen LogP contribution in [0, 0.1) is 6.92 Å². The van der Waals surface area contributed by atoms with Crippen molar-refractivity contribution in [3.05, 3.63) is 77.4 Å². The number of benzene rings is 3. The van der Waals surface area contributed by atoms with Gasteiger partial charge in [0.2, 0.25) is 0 Å². The van der Waals surface area contributed by atoms with Crippen LogP contribution in [-0.2, 0) is 22.4 Å². The summed E-state index contributed by atoms with van der Waals surface area (Å²) < 4.78 is 5.93. The molecular weight excluding hydrogens is 396 g/mol. The zero-order valence-electron chi connectivity index (χ0n) is 17.2. The number of carbonyl (C=O) groups is 2. The maximum atomic E-state index is 10.9. The van der Waals surface area contributed by atoms with Gasteiger partial charge in [-0.3, -0.25) is 9.59 Å². The second-order valence-electron chi connectivity index (χ2n) is 7.30. The highest BCUT2D eigenvalue weighted by Crippen LogP contribution is 2.40. The second kappa shape index (κ2) is 9.91. The smallest absolute Gasteiger partial charge is 0.307 e. The lowest BCUT2D eigenvalue weighted by Crippen LogP contribution is -2.05. The van der Waals surface area contributed by atoms with E-state index >= 15 is 0 Å². The van der Waals surface area contributed by atoms with Gasteiger partial charge in [0.15, 0.2) is 0 Å². The SMILES string of the molecule is Cc1cc(-c2ccc(CC(=O)O)cc2)c(OCCO)c(-c2ccc(CC(=O)O)cc2)c1. The molecule has 0 saturated heterocycles. The summed E-state index contributed by atoms with van der Waals surface area (Å²) in [5.41, 5.74) is 5.82. The minimum atomic E-state index is -0.885. The molecule has 3 N–H and O–H groups in total. The molecule has 31 heavy (non-hydrogen) atoms. The topological polar surface area (TPSA) is 104 Å². The van der Waals surface area contributed by atoms with Gasteiger partial charge in [0.1, 0.15) is 12.4 Å². The van der Waals surface area contributed by atoms with Gasteiger partial charge in [-0.05, 0) is 46.9 Å². The molecule has 0 aliphatic heterocycles. The molecule has 0 aliphatic rings. The van der Waals surface area contributed by atoms with Crippen LogP contribution in [0.4, 0.5) is 0 Å². The van der Waals surface area contributed by atoms with Gasteiger partial charge in [0.05, 0.1) is 19.4 Å². The van der Waals surface area contributed by atoms with Crippen molar-refractivity contribution in [1.82, 2.24) is 0 Å². The van der Waals surface area contributed by atoms with E-state index in [1.54, 1.807) is 24.3 Å². The first-order valence-corrected chi connectivity index (χ1v) is 9.88. The number of carboxylic acids is 2. The molecule has 6 nitrogen and oxygen atoms in total. The Balaban J connectivity index is 2.06. The fourth-order valence-electron chi connectivity index (χ4n) is 3.46. The number of aliphatic hydroxyl groups excluding tert-OH is 1. The molecule has 3 aromatic carbocycles. The first-order valence-electron chi connectivity index (χ1n) is 9.88. The van der Waals surface area contributed by atoms with Crippen molar-refractivity contribution in [3.63, 3.8) is 0 Å². The van der Waals surface area contributed by atoms with E-state index in [1.807, 2.05) is 43.3 Å². The number of hydrogen-bond acceptors (Lipinski definition) is 4. The Morgan fingerprint density at radius 3 is 1.55 bits per heavy atom. The number of rotatable bonds is 9. The molecule has 0 amide bonds. The first kappa shape index (κ1) is 22.1. The van der Waals surface area contributed by atoms with Crippen LogP contribution in [0.25, 0.3) is 22.3 Å². The maximum absolute atomic E-state index is 10.9. The molecule has 160 valence electrons. The van der Waals surface area contributed by atoms with E-state index in [-0.39, 0.29) is 26.1 Å². The predicted octanol–water partition coefficient (Wildman–Crippen LogP) is 3.95. The van der Waals surface area contributed by atoms with Gasteiger partial charge >= 0.3 is 11.9 Å². The van der Waals surface area contributed by atoms with Gasteiger partial charge in [-0.2, -0.15) is 0 Å². The van der Waals surface area contributed by atoms with Crippen molar-refractivity contribution in [1.29, 1.82) is 0 Å². The Morgan fingerprint density at radius 2 is 1.19 bits per heavy atom. The number of aliphatic carboxylic acids is 2. The highest BCUT2D eigenvalue weighted by Gasteiger charge is 2.16. The summed E-state index contributed by atoms with van der Waals surface area (Å²) in [7, 11) is 0. The molecule has 0 unspecified atom stereocenters.